The van der Waals surface area contributed by atoms with E-state index in [1.807, 2.05) is 60.7 Å². The lowest BCUT2D eigenvalue weighted by Gasteiger charge is -2.27. The van der Waals surface area contributed by atoms with E-state index >= 15 is 0 Å². The van der Waals surface area contributed by atoms with Gasteiger partial charge in [0.25, 0.3) is 0 Å². The molecule has 3 N–H and O–H groups in total. The minimum atomic E-state index is -0.821. The van der Waals surface area contributed by atoms with Crippen LogP contribution in [0.3, 0.4) is 0 Å². The monoisotopic (exact) mass is 338 g/mol. The van der Waals surface area contributed by atoms with E-state index in [4.69, 9.17) is 10.5 Å². The molecule has 3 rings (SSSR count). The van der Waals surface area contributed by atoms with Gasteiger partial charge in [-0.15, -0.1) is 0 Å². The lowest BCUT2D eigenvalue weighted by atomic mass is 9.84. The van der Waals surface area contributed by atoms with Gasteiger partial charge in [-0.2, -0.15) is 0 Å². The van der Waals surface area contributed by atoms with Crippen molar-refractivity contribution in [2.45, 2.75) is 18.4 Å². The highest BCUT2D eigenvalue weighted by Gasteiger charge is 2.33. The van der Waals surface area contributed by atoms with E-state index in [0.29, 0.717) is 19.6 Å². The average Bonchev–Trinajstić information content (AvgIpc) is 3.17. The molecule has 5 nitrogen and oxygen atoms in total. The van der Waals surface area contributed by atoms with Crippen LogP contribution in [0.1, 0.15) is 23.5 Å². The molecule has 0 unspecified atom stereocenters. The van der Waals surface area contributed by atoms with E-state index < -0.39 is 11.9 Å². The maximum atomic E-state index is 12.5. The van der Waals surface area contributed by atoms with Crippen LogP contribution in [-0.4, -0.2) is 31.1 Å². The lowest BCUT2D eigenvalue weighted by molar-refractivity contribution is -0.130. The first-order chi connectivity index (χ1) is 12.2. The average molecular weight is 338 g/mol. The van der Waals surface area contributed by atoms with Crippen molar-refractivity contribution in [1.29, 1.82) is 0 Å². The van der Waals surface area contributed by atoms with E-state index in [9.17, 15) is 9.59 Å². The molecular weight excluding hydrogens is 316 g/mol. The van der Waals surface area contributed by atoms with Crippen LogP contribution in [0.25, 0.3) is 0 Å². The number of ether oxygens (including phenoxy) is 1. The van der Waals surface area contributed by atoms with E-state index in [1.54, 1.807) is 0 Å². The van der Waals surface area contributed by atoms with E-state index in [-0.39, 0.29) is 17.7 Å². The van der Waals surface area contributed by atoms with Gasteiger partial charge in [0.2, 0.25) is 11.8 Å². The molecule has 1 heterocycles. The second-order valence-corrected chi connectivity index (χ2v) is 6.25. The molecule has 0 spiro atoms. The summed E-state index contributed by atoms with van der Waals surface area (Å²) in [5.41, 5.74) is 7.54. The number of nitrogens with two attached hydrogens (primary N) is 1. The molecule has 2 aromatic rings. The molecule has 25 heavy (non-hydrogen) atoms. The molecule has 0 radical (unpaired) electrons. The van der Waals surface area contributed by atoms with Crippen molar-refractivity contribution in [1.82, 2.24) is 5.32 Å². The Hall–Kier alpha value is -2.66. The van der Waals surface area contributed by atoms with Crippen molar-refractivity contribution in [3.63, 3.8) is 0 Å². The molecule has 2 aromatic carbocycles. The molecule has 1 fully saturated rings. The highest BCUT2D eigenvalue weighted by Crippen LogP contribution is 2.28. The number of nitrogens with one attached hydrogen (secondary N) is 1. The van der Waals surface area contributed by atoms with Gasteiger partial charge in [-0.3, -0.25) is 9.59 Å². The minimum Gasteiger partial charge on any atom is -0.381 e. The predicted octanol–water partition coefficient (Wildman–Crippen LogP) is 1.83. The predicted molar refractivity (Wildman–Crippen MR) is 94.8 cm³/mol. The fourth-order valence-electron chi connectivity index (χ4n) is 3.23. The van der Waals surface area contributed by atoms with Crippen molar-refractivity contribution in [3.05, 3.63) is 71.8 Å². The molecular formula is C20H22N2O3. The Morgan fingerprint density at radius 3 is 2.00 bits per heavy atom. The molecule has 1 aliphatic rings. The molecule has 130 valence electrons. The standard InChI is InChI=1S/C20H22N2O3/c21-19(23)18(22-20(24)16-11-12-25-13-16)17(14-7-3-1-4-8-14)15-9-5-2-6-10-15/h1-10,16-18H,11-13H2,(H2,21,23)(H,22,24)/t16-,18-/m1/s1. The van der Waals surface area contributed by atoms with Gasteiger partial charge in [0.1, 0.15) is 6.04 Å². The summed E-state index contributed by atoms with van der Waals surface area (Å²) in [5, 5.41) is 2.86. The largest absolute Gasteiger partial charge is 0.381 e. The van der Waals surface area contributed by atoms with Gasteiger partial charge in [-0.1, -0.05) is 60.7 Å². The van der Waals surface area contributed by atoms with Crippen molar-refractivity contribution in [2.24, 2.45) is 11.7 Å². The van der Waals surface area contributed by atoms with Crippen LogP contribution in [0.5, 0.6) is 0 Å². The molecule has 2 atom stereocenters. The molecule has 1 saturated heterocycles. The summed E-state index contributed by atoms with van der Waals surface area (Å²) in [5.74, 6) is -1.30. The van der Waals surface area contributed by atoms with Gasteiger partial charge >= 0.3 is 0 Å². The van der Waals surface area contributed by atoms with E-state index in [1.165, 1.54) is 0 Å². The van der Waals surface area contributed by atoms with Crippen LogP contribution >= 0.6 is 0 Å². The van der Waals surface area contributed by atoms with Crippen molar-refractivity contribution in [2.75, 3.05) is 13.2 Å². The maximum absolute atomic E-state index is 12.5. The quantitative estimate of drug-likeness (QED) is 0.843. The fourth-order valence-corrected chi connectivity index (χ4v) is 3.23. The highest BCUT2D eigenvalue weighted by molar-refractivity contribution is 5.89. The van der Waals surface area contributed by atoms with E-state index in [0.717, 1.165) is 11.1 Å². The Morgan fingerprint density at radius 2 is 1.56 bits per heavy atom. The Labute approximate surface area is 147 Å². The summed E-state index contributed by atoms with van der Waals surface area (Å²) in [4.78, 5) is 24.7. The Kier molecular flexibility index (Phi) is 5.46. The maximum Gasteiger partial charge on any atom is 0.240 e. The molecule has 0 aromatic heterocycles. The van der Waals surface area contributed by atoms with E-state index in [2.05, 4.69) is 5.32 Å². The summed E-state index contributed by atoms with van der Waals surface area (Å²) in [6.07, 6.45) is 0.665. The number of primary amides is 1. The van der Waals surface area contributed by atoms with Crippen LogP contribution in [-0.2, 0) is 14.3 Å². The van der Waals surface area contributed by atoms with Crippen LogP contribution < -0.4 is 11.1 Å². The van der Waals surface area contributed by atoms with Gasteiger partial charge in [-0.05, 0) is 17.5 Å². The Bertz CT molecular complexity index is 673. The third-order valence-corrected chi connectivity index (χ3v) is 4.56. The number of carbonyl (C=O) groups excluding carboxylic acids is 2. The number of carbonyl (C=O) groups is 2. The number of rotatable bonds is 6. The first-order valence-corrected chi connectivity index (χ1v) is 8.44. The smallest absolute Gasteiger partial charge is 0.240 e. The van der Waals surface area contributed by atoms with Crippen LogP contribution in [0.4, 0.5) is 0 Å². The number of amides is 2. The van der Waals surface area contributed by atoms with Gasteiger partial charge in [0, 0.05) is 12.5 Å². The summed E-state index contributed by atoms with van der Waals surface area (Å²) >= 11 is 0. The molecule has 0 aliphatic carbocycles. The summed E-state index contributed by atoms with van der Waals surface area (Å²) < 4.78 is 5.27. The van der Waals surface area contributed by atoms with Crippen molar-refractivity contribution < 1.29 is 14.3 Å². The zero-order valence-electron chi connectivity index (χ0n) is 13.9. The first kappa shape index (κ1) is 17.2. The van der Waals surface area contributed by atoms with Crippen molar-refractivity contribution in [3.8, 4) is 0 Å². The third kappa shape index (κ3) is 4.06. The number of benzene rings is 2. The number of hydrogen-bond acceptors (Lipinski definition) is 3. The zero-order valence-corrected chi connectivity index (χ0v) is 13.9. The summed E-state index contributed by atoms with van der Waals surface area (Å²) in [6, 6.07) is 18.4. The number of hydrogen-bond donors (Lipinski definition) is 2. The van der Waals surface area contributed by atoms with Crippen LogP contribution in [0.15, 0.2) is 60.7 Å². The second kappa shape index (κ2) is 7.94. The van der Waals surface area contributed by atoms with Crippen molar-refractivity contribution >= 4 is 11.8 Å². The van der Waals surface area contributed by atoms with Gasteiger partial charge < -0.3 is 15.8 Å². The SMILES string of the molecule is NC(=O)[C@H](NC(=O)[C@@H]1CCOC1)C(c1ccccc1)c1ccccc1. The highest BCUT2D eigenvalue weighted by atomic mass is 16.5. The first-order valence-electron chi connectivity index (χ1n) is 8.44. The lowest BCUT2D eigenvalue weighted by Crippen LogP contribution is -2.50. The molecule has 0 saturated carbocycles. The third-order valence-electron chi connectivity index (χ3n) is 4.56. The molecule has 5 heteroatoms. The Balaban J connectivity index is 1.93. The van der Waals surface area contributed by atoms with Crippen LogP contribution in [0, 0.1) is 5.92 Å². The summed E-state index contributed by atoms with van der Waals surface area (Å²) in [6.45, 7) is 0.957. The topological polar surface area (TPSA) is 81.4 Å². The van der Waals surface area contributed by atoms with Gasteiger partial charge in [0.15, 0.2) is 0 Å². The molecule has 1 aliphatic heterocycles. The molecule has 0 bridgehead atoms. The normalized spacial score (nSPS) is 18.0. The van der Waals surface area contributed by atoms with Gasteiger partial charge in [-0.25, -0.2) is 0 Å². The molecule has 2 amide bonds. The minimum absolute atomic E-state index is 0.182. The summed E-state index contributed by atoms with van der Waals surface area (Å²) in [7, 11) is 0. The van der Waals surface area contributed by atoms with Crippen LogP contribution in [0.2, 0.25) is 0 Å². The fraction of sp³-hybridized carbons (Fsp3) is 0.300. The Morgan fingerprint density at radius 1 is 1.00 bits per heavy atom. The zero-order chi connectivity index (χ0) is 17.6. The van der Waals surface area contributed by atoms with Gasteiger partial charge in [0.05, 0.1) is 12.5 Å². The second-order valence-electron chi connectivity index (χ2n) is 6.25.